The highest BCUT2D eigenvalue weighted by atomic mass is 16.7. The largest absolute Gasteiger partial charge is 0.513 e. The predicted octanol–water partition coefficient (Wildman–Crippen LogP) is 5.63. The van der Waals surface area contributed by atoms with E-state index in [1.54, 1.807) is 31.2 Å². The first kappa shape index (κ1) is 29.8. The molecular weight excluding hydrogens is 520 g/mol. The Labute approximate surface area is 241 Å². The van der Waals surface area contributed by atoms with E-state index in [1.165, 1.54) is 13.2 Å². The molecule has 216 valence electrons. The number of methoxy groups -OCH3 is 1. The molecule has 0 aromatic heterocycles. The smallest absolute Gasteiger partial charge is 0.493 e. The van der Waals surface area contributed by atoms with Gasteiger partial charge in [-0.25, -0.2) is 4.79 Å². The zero-order valence-electron chi connectivity index (χ0n) is 23.7. The molecule has 0 saturated carbocycles. The molecule has 1 heterocycles. The van der Waals surface area contributed by atoms with Gasteiger partial charge in [0.25, 0.3) is 0 Å². The molecule has 1 N–H and O–H groups in total. The van der Waals surface area contributed by atoms with Crippen molar-refractivity contribution in [1.82, 2.24) is 10.2 Å². The van der Waals surface area contributed by atoms with Crippen LogP contribution in [0.3, 0.4) is 0 Å². The highest BCUT2D eigenvalue weighted by Crippen LogP contribution is 2.30. The molecule has 0 spiro atoms. The average molecular weight is 559 g/mol. The van der Waals surface area contributed by atoms with Gasteiger partial charge in [-0.15, -0.1) is 0 Å². The fourth-order valence-corrected chi connectivity index (χ4v) is 4.74. The lowest BCUT2D eigenvalue weighted by molar-refractivity contribution is -0.116. The molecule has 8 nitrogen and oxygen atoms in total. The number of rotatable bonds is 12. The maximum atomic E-state index is 12.4. The first-order valence-corrected chi connectivity index (χ1v) is 14.0. The topological polar surface area (TPSA) is 86.3 Å². The minimum absolute atomic E-state index is 0.0821. The van der Waals surface area contributed by atoms with Crippen molar-refractivity contribution in [3.63, 3.8) is 0 Å². The van der Waals surface area contributed by atoms with Crippen molar-refractivity contribution in [3.8, 4) is 11.5 Å². The van der Waals surface area contributed by atoms with Crippen LogP contribution in [0, 0.1) is 0 Å². The van der Waals surface area contributed by atoms with Gasteiger partial charge < -0.3 is 29.2 Å². The summed E-state index contributed by atoms with van der Waals surface area (Å²) >= 11 is 0. The van der Waals surface area contributed by atoms with Crippen LogP contribution in [-0.2, 0) is 14.3 Å². The molecule has 1 fully saturated rings. The number of benzene rings is 3. The molecule has 0 radical (unpaired) electrons. The lowest BCUT2D eigenvalue weighted by atomic mass is 10.00. The Hall–Kier alpha value is -4.14. The van der Waals surface area contributed by atoms with Gasteiger partial charge in [0.2, 0.25) is 5.91 Å². The van der Waals surface area contributed by atoms with Gasteiger partial charge in [0.15, 0.2) is 11.5 Å². The van der Waals surface area contributed by atoms with Crippen molar-refractivity contribution >= 4 is 18.1 Å². The summed E-state index contributed by atoms with van der Waals surface area (Å²) in [5, 5.41) is 2.95. The van der Waals surface area contributed by atoms with Crippen LogP contribution in [0.1, 0.15) is 42.6 Å². The Morgan fingerprint density at radius 1 is 0.951 bits per heavy atom. The Morgan fingerprint density at radius 3 is 2.22 bits per heavy atom. The summed E-state index contributed by atoms with van der Waals surface area (Å²) in [5.74, 6) is 0.437. The second kappa shape index (κ2) is 15.6. The van der Waals surface area contributed by atoms with E-state index in [0.717, 1.165) is 49.2 Å². The fraction of sp³-hybridized carbons (Fsp3) is 0.333. The Balaban J connectivity index is 1.20. The SMILES string of the molecule is CCOC(=O)Oc1ccc(/C=C/C(=O)NCCN2CCC(OC(c3ccccc3)c3ccccc3)CC2)cc1OC. The van der Waals surface area contributed by atoms with Crippen LogP contribution < -0.4 is 14.8 Å². The van der Waals surface area contributed by atoms with Gasteiger partial charge >= 0.3 is 6.16 Å². The van der Waals surface area contributed by atoms with Gasteiger partial charge in [-0.2, -0.15) is 0 Å². The molecule has 0 unspecified atom stereocenters. The molecule has 3 aromatic carbocycles. The van der Waals surface area contributed by atoms with Crippen LogP contribution in [0.5, 0.6) is 11.5 Å². The van der Waals surface area contributed by atoms with Crippen molar-refractivity contribution in [2.75, 3.05) is 39.9 Å². The van der Waals surface area contributed by atoms with Crippen LogP contribution in [0.4, 0.5) is 4.79 Å². The first-order chi connectivity index (χ1) is 20.1. The molecule has 41 heavy (non-hydrogen) atoms. The molecule has 1 amide bonds. The Bertz CT molecular complexity index is 1230. The summed E-state index contributed by atoms with van der Waals surface area (Å²) < 4.78 is 21.9. The van der Waals surface area contributed by atoms with Crippen molar-refractivity contribution in [1.29, 1.82) is 0 Å². The predicted molar refractivity (Wildman–Crippen MR) is 158 cm³/mol. The number of hydrogen-bond acceptors (Lipinski definition) is 7. The monoisotopic (exact) mass is 558 g/mol. The maximum Gasteiger partial charge on any atom is 0.513 e. The number of carbonyl (C=O) groups is 2. The summed E-state index contributed by atoms with van der Waals surface area (Å²) in [6, 6.07) is 25.8. The zero-order valence-corrected chi connectivity index (χ0v) is 23.7. The van der Waals surface area contributed by atoms with Gasteiger partial charge in [0, 0.05) is 32.3 Å². The average Bonchev–Trinajstić information content (AvgIpc) is 3.01. The number of nitrogens with zero attached hydrogens (tertiary/aromatic N) is 1. The van der Waals surface area contributed by atoms with Crippen molar-refractivity contribution in [3.05, 3.63) is 102 Å². The second-order valence-corrected chi connectivity index (χ2v) is 9.70. The zero-order chi connectivity index (χ0) is 28.9. The van der Waals surface area contributed by atoms with E-state index in [2.05, 4.69) is 58.7 Å². The number of ether oxygens (including phenoxy) is 4. The summed E-state index contributed by atoms with van der Waals surface area (Å²) in [4.78, 5) is 26.3. The third kappa shape index (κ3) is 9.20. The van der Waals surface area contributed by atoms with Gasteiger partial charge in [-0.05, 0) is 54.7 Å². The van der Waals surface area contributed by atoms with Crippen LogP contribution >= 0.6 is 0 Å². The van der Waals surface area contributed by atoms with E-state index in [0.29, 0.717) is 12.3 Å². The molecule has 3 aromatic rings. The fourth-order valence-electron chi connectivity index (χ4n) is 4.74. The van der Waals surface area contributed by atoms with E-state index in [9.17, 15) is 9.59 Å². The van der Waals surface area contributed by atoms with Gasteiger partial charge in [-0.1, -0.05) is 66.7 Å². The Kier molecular flexibility index (Phi) is 11.3. The number of amides is 1. The molecule has 1 aliphatic heterocycles. The van der Waals surface area contributed by atoms with E-state index < -0.39 is 6.16 Å². The molecule has 1 aliphatic rings. The van der Waals surface area contributed by atoms with Crippen molar-refractivity contribution in [2.24, 2.45) is 0 Å². The quantitative estimate of drug-likeness (QED) is 0.175. The van der Waals surface area contributed by atoms with E-state index in [1.807, 2.05) is 12.1 Å². The van der Waals surface area contributed by atoms with E-state index in [4.69, 9.17) is 18.9 Å². The van der Waals surface area contributed by atoms with Crippen molar-refractivity contribution < 1.29 is 28.5 Å². The van der Waals surface area contributed by atoms with Crippen LogP contribution in [0.25, 0.3) is 6.08 Å². The Morgan fingerprint density at radius 2 is 1.61 bits per heavy atom. The summed E-state index contributed by atoms with van der Waals surface area (Å²) in [6.45, 7) is 5.10. The summed E-state index contributed by atoms with van der Waals surface area (Å²) in [7, 11) is 1.48. The molecule has 0 aliphatic carbocycles. The third-order valence-electron chi connectivity index (χ3n) is 6.87. The molecular formula is C33H38N2O6. The number of likely N-dealkylation sites (tertiary alicyclic amines) is 1. The maximum absolute atomic E-state index is 12.4. The number of piperidine rings is 1. The lowest BCUT2D eigenvalue weighted by Crippen LogP contribution is -2.41. The van der Waals surface area contributed by atoms with E-state index >= 15 is 0 Å². The normalized spacial score (nSPS) is 14.2. The van der Waals surface area contributed by atoms with Crippen LogP contribution in [0.15, 0.2) is 84.9 Å². The number of nitrogens with one attached hydrogen (secondary N) is 1. The number of hydrogen-bond donors (Lipinski definition) is 1. The summed E-state index contributed by atoms with van der Waals surface area (Å²) in [5.41, 5.74) is 3.06. The van der Waals surface area contributed by atoms with E-state index in [-0.39, 0.29) is 30.5 Å². The highest BCUT2D eigenvalue weighted by molar-refractivity contribution is 5.91. The van der Waals surface area contributed by atoms with Crippen molar-refractivity contribution in [2.45, 2.75) is 32.0 Å². The molecule has 8 heteroatoms. The van der Waals surface area contributed by atoms with Gasteiger partial charge in [0.1, 0.15) is 6.10 Å². The van der Waals surface area contributed by atoms with Crippen LogP contribution in [-0.4, -0.2) is 63.0 Å². The highest BCUT2D eigenvalue weighted by Gasteiger charge is 2.24. The van der Waals surface area contributed by atoms with Crippen LogP contribution in [0.2, 0.25) is 0 Å². The van der Waals surface area contributed by atoms with Gasteiger partial charge in [-0.3, -0.25) is 4.79 Å². The molecule has 0 bridgehead atoms. The first-order valence-electron chi connectivity index (χ1n) is 14.0. The third-order valence-corrected chi connectivity index (χ3v) is 6.87. The summed E-state index contributed by atoms with van der Waals surface area (Å²) in [6.07, 6.45) is 4.36. The van der Waals surface area contributed by atoms with Gasteiger partial charge in [0.05, 0.1) is 19.8 Å². The number of carbonyl (C=O) groups excluding carboxylic acids is 2. The lowest BCUT2D eigenvalue weighted by Gasteiger charge is -2.34. The second-order valence-electron chi connectivity index (χ2n) is 9.70. The minimum Gasteiger partial charge on any atom is -0.493 e. The minimum atomic E-state index is -0.797. The standard InChI is InChI=1S/C33H38N2O6/c1-3-39-33(37)41-29-16-14-25(24-30(29)38-2)15-17-31(36)34-20-23-35-21-18-28(19-22-35)40-32(26-10-6-4-7-11-26)27-12-8-5-9-13-27/h4-17,24,28,32H,3,18-23H2,1-2H3,(H,34,36)/b17-15+. The molecule has 0 atom stereocenters. The molecule has 4 rings (SSSR count). The molecule has 1 saturated heterocycles.